The van der Waals surface area contributed by atoms with Gasteiger partial charge in [0.15, 0.2) is 0 Å². The standard InChI is InChI=1S/C12H20N2O2/c15-11(16)12(3-4-12)9-13-6-7-14-5-1-2-10(14)8-13/h10H,1-9H2,(H,15,16). The number of hydrogen-bond donors (Lipinski definition) is 1. The zero-order valence-electron chi connectivity index (χ0n) is 9.69. The molecule has 1 N–H and O–H groups in total. The van der Waals surface area contributed by atoms with Crippen LogP contribution in [0.15, 0.2) is 0 Å². The molecule has 1 aliphatic carbocycles. The van der Waals surface area contributed by atoms with E-state index in [1.807, 2.05) is 0 Å². The highest BCUT2D eigenvalue weighted by molar-refractivity contribution is 5.78. The highest BCUT2D eigenvalue weighted by Gasteiger charge is 2.51. The Labute approximate surface area is 96.2 Å². The molecule has 0 amide bonds. The SMILES string of the molecule is O=C(O)C1(CN2CCN3CCCC3C2)CC1. The van der Waals surface area contributed by atoms with Crippen LogP contribution in [0.5, 0.6) is 0 Å². The minimum atomic E-state index is -0.582. The lowest BCUT2D eigenvalue weighted by atomic mass is 10.1. The van der Waals surface area contributed by atoms with E-state index in [1.165, 1.54) is 19.4 Å². The Morgan fingerprint density at radius 1 is 1.31 bits per heavy atom. The van der Waals surface area contributed by atoms with Gasteiger partial charge in [0.2, 0.25) is 0 Å². The molecule has 4 nitrogen and oxygen atoms in total. The van der Waals surface area contributed by atoms with Crippen LogP contribution in [-0.4, -0.2) is 59.6 Å². The second-order valence-corrected chi connectivity index (χ2v) is 5.65. The Balaban J connectivity index is 1.58. The fourth-order valence-corrected chi connectivity index (χ4v) is 3.22. The second kappa shape index (κ2) is 3.70. The second-order valence-electron chi connectivity index (χ2n) is 5.65. The smallest absolute Gasteiger partial charge is 0.310 e. The van der Waals surface area contributed by atoms with E-state index in [4.69, 9.17) is 0 Å². The molecule has 3 fully saturated rings. The van der Waals surface area contributed by atoms with Crippen molar-refractivity contribution in [2.45, 2.75) is 31.7 Å². The van der Waals surface area contributed by atoms with Crippen LogP contribution in [0.25, 0.3) is 0 Å². The summed E-state index contributed by atoms with van der Waals surface area (Å²) in [4.78, 5) is 16.1. The summed E-state index contributed by atoms with van der Waals surface area (Å²) >= 11 is 0. The molecule has 2 heterocycles. The van der Waals surface area contributed by atoms with Gasteiger partial charge in [-0.3, -0.25) is 14.6 Å². The molecule has 0 aromatic rings. The summed E-state index contributed by atoms with van der Waals surface area (Å²) in [6.07, 6.45) is 4.39. The Morgan fingerprint density at radius 3 is 2.81 bits per heavy atom. The van der Waals surface area contributed by atoms with Crippen molar-refractivity contribution in [1.82, 2.24) is 9.80 Å². The van der Waals surface area contributed by atoms with Crippen molar-refractivity contribution >= 4 is 5.97 Å². The lowest BCUT2D eigenvalue weighted by Crippen LogP contribution is -2.52. The minimum absolute atomic E-state index is 0.374. The summed E-state index contributed by atoms with van der Waals surface area (Å²) in [5.74, 6) is -0.582. The monoisotopic (exact) mass is 224 g/mol. The molecule has 0 aromatic heterocycles. The number of piperazine rings is 1. The molecule has 0 spiro atoms. The van der Waals surface area contributed by atoms with Crippen molar-refractivity contribution < 1.29 is 9.90 Å². The molecule has 2 aliphatic heterocycles. The fraction of sp³-hybridized carbons (Fsp3) is 0.917. The number of nitrogens with zero attached hydrogens (tertiary/aromatic N) is 2. The molecule has 1 saturated carbocycles. The van der Waals surface area contributed by atoms with E-state index in [0.29, 0.717) is 6.04 Å². The first-order chi connectivity index (χ1) is 7.70. The van der Waals surface area contributed by atoms with Gasteiger partial charge in [-0.1, -0.05) is 0 Å². The Bertz CT molecular complexity index is 301. The third-order valence-corrected chi connectivity index (χ3v) is 4.50. The number of aliphatic carboxylic acids is 1. The topological polar surface area (TPSA) is 43.8 Å². The normalized spacial score (nSPS) is 33.6. The first-order valence-corrected chi connectivity index (χ1v) is 6.39. The van der Waals surface area contributed by atoms with Gasteiger partial charge in [0.1, 0.15) is 0 Å². The third-order valence-electron chi connectivity index (χ3n) is 4.50. The maximum Gasteiger partial charge on any atom is 0.310 e. The number of carbonyl (C=O) groups is 1. The van der Waals surface area contributed by atoms with E-state index in [1.54, 1.807) is 0 Å². The molecule has 4 heteroatoms. The van der Waals surface area contributed by atoms with Gasteiger partial charge in [-0.25, -0.2) is 0 Å². The molecule has 90 valence electrons. The average Bonchev–Trinajstić information content (AvgIpc) is 2.90. The molecule has 3 aliphatic rings. The average molecular weight is 224 g/mol. The van der Waals surface area contributed by atoms with Gasteiger partial charge >= 0.3 is 5.97 Å². The van der Waals surface area contributed by atoms with Crippen LogP contribution in [0.4, 0.5) is 0 Å². The predicted molar refractivity (Wildman–Crippen MR) is 60.3 cm³/mol. The third kappa shape index (κ3) is 1.74. The lowest BCUT2D eigenvalue weighted by molar-refractivity contribution is -0.144. The van der Waals surface area contributed by atoms with Gasteiger partial charge < -0.3 is 5.11 Å². The van der Waals surface area contributed by atoms with Crippen molar-refractivity contribution in [2.24, 2.45) is 5.41 Å². The van der Waals surface area contributed by atoms with Crippen LogP contribution in [0.1, 0.15) is 25.7 Å². The fourth-order valence-electron chi connectivity index (χ4n) is 3.22. The van der Waals surface area contributed by atoms with E-state index in [-0.39, 0.29) is 5.41 Å². The van der Waals surface area contributed by atoms with E-state index in [2.05, 4.69) is 9.80 Å². The summed E-state index contributed by atoms with van der Waals surface area (Å²) in [7, 11) is 0. The van der Waals surface area contributed by atoms with Gasteiger partial charge in [0, 0.05) is 32.2 Å². The molecule has 1 unspecified atom stereocenters. The number of hydrogen-bond acceptors (Lipinski definition) is 3. The molecule has 16 heavy (non-hydrogen) atoms. The molecular weight excluding hydrogens is 204 g/mol. The Hall–Kier alpha value is -0.610. The molecule has 1 atom stereocenters. The molecule has 3 rings (SSSR count). The lowest BCUT2D eigenvalue weighted by Gasteiger charge is -2.38. The van der Waals surface area contributed by atoms with Crippen molar-refractivity contribution in [3.8, 4) is 0 Å². The van der Waals surface area contributed by atoms with Crippen LogP contribution in [-0.2, 0) is 4.79 Å². The van der Waals surface area contributed by atoms with Gasteiger partial charge in [-0.15, -0.1) is 0 Å². The summed E-state index contributed by atoms with van der Waals surface area (Å²) in [5.41, 5.74) is -0.374. The largest absolute Gasteiger partial charge is 0.481 e. The molecular formula is C12H20N2O2. The number of carboxylic acid groups (broad SMARTS) is 1. The van der Waals surface area contributed by atoms with Gasteiger partial charge in [-0.05, 0) is 32.2 Å². The zero-order valence-corrected chi connectivity index (χ0v) is 9.69. The summed E-state index contributed by atoms with van der Waals surface area (Å²) in [6.45, 7) is 5.33. The number of fused-ring (bicyclic) bond motifs is 1. The van der Waals surface area contributed by atoms with Gasteiger partial charge in [-0.2, -0.15) is 0 Å². The van der Waals surface area contributed by atoms with Crippen molar-refractivity contribution in [2.75, 3.05) is 32.7 Å². The van der Waals surface area contributed by atoms with E-state index < -0.39 is 5.97 Å². The van der Waals surface area contributed by atoms with Crippen molar-refractivity contribution in [3.05, 3.63) is 0 Å². The predicted octanol–water partition coefficient (Wildman–Crippen LogP) is 0.631. The zero-order chi connectivity index (χ0) is 11.2. The van der Waals surface area contributed by atoms with Gasteiger partial charge in [0.25, 0.3) is 0 Å². The van der Waals surface area contributed by atoms with Crippen LogP contribution in [0.3, 0.4) is 0 Å². The van der Waals surface area contributed by atoms with Crippen LogP contribution < -0.4 is 0 Å². The molecule has 0 bridgehead atoms. The summed E-state index contributed by atoms with van der Waals surface area (Å²) < 4.78 is 0. The molecule has 0 aromatic carbocycles. The van der Waals surface area contributed by atoms with E-state index in [0.717, 1.165) is 39.0 Å². The van der Waals surface area contributed by atoms with Gasteiger partial charge in [0.05, 0.1) is 5.41 Å². The maximum absolute atomic E-state index is 11.1. The highest BCUT2D eigenvalue weighted by Crippen LogP contribution is 2.46. The number of carboxylic acids is 1. The molecule has 2 saturated heterocycles. The minimum Gasteiger partial charge on any atom is -0.481 e. The summed E-state index contributed by atoms with van der Waals surface area (Å²) in [6, 6.07) is 0.707. The van der Waals surface area contributed by atoms with E-state index in [9.17, 15) is 9.90 Å². The van der Waals surface area contributed by atoms with Crippen LogP contribution in [0.2, 0.25) is 0 Å². The summed E-state index contributed by atoms with van der Waals surface area (Å²) in [5, 5.41) is 9.18. The van der Waals surface area contributed by atoms with Crippen LogP contribution >= 0.6 is 0 Å². The van der Waals surface area contributed by atoms with Crippen molar-refractivity contribution in [1.29, 1.82) is 0 Å². The Morgan fingerprint density at radius 2 is 2.12 bits per heavy atom. The first kappa shape index (κ1) is 10.5. The molecule has 0 radical (unpaired) electrons. The van der Waals surface area contributed by atoms with Crippen LogP contribution in [0, 0.1) is 5.41 Å². The quantitative estimate of drug-likeness (QED) is 0.763. The van der Waals surface area contributed by atoms with Crippen molar-refractivity contribution in [3.63, 3.8) is 0 Å². The number of rotatable bonds is 3. The maximum atomic E-state index is 11.1. The first-order valence-electron chi connectivity index (χ1n) is 6.39. The van der Waals surface area contributed by atoms with E-state index >= 15 is 0 Å². The Kier molecular flexibility index (Phi) is 2.44. The highest BCUT2D eigenvalue weighted by atomic mass is 16.4.